The van der Waals surface area contributed by atoms with Gasteiger partial charge in [0.05, 0.1) is 24.6 Å². The maximum atomic E-state index is 11.9. The van der Waals surface area contributed by atoms with Gasteiger partial charge in [0, 0.05) is 6.54 Å². The summed E-state index contributed by atoms with van der Waals surface area (Å²) in [7, 11) is 0. The van der Waals surface area contributed by atoms with Gasteiger partial charge in [-0.3, -0.25) is 0 Å². The Labute approximate surface area is 174 Å². The fourth-order valence-electron chi connectivity index (χ4n) is 2.13. The van der Waals surface area contributed by atoms with Crippen LogP contribution in [0.3, 0.4) is 0 Å². The number of halogens is 1. The van der Waals surface area contributed by atoms with Crippen molar-refractivity contribution in [3.63, 3.8) is 0 Å². The third kappa shape index (κ3) is 6.27. The minimum atomic E-state index is -0.325. The van der Waals surface area contributed by atoms with Crippen LogP contribution in [0.25, 0.3) is 0 Å². The van der Waals surface area contributed by atoms with Crippen LogP contribution in [0.4, 0.5) is 0 Å². The van der Waals surface area contributed by atoms with Crippen molar-refractivity contribution < 1.29 is 13.9 Å². The van der Waals surface area contributed by atoms with E-state index in [2.05, 4.69) is 20.6 Å². The Hall–Kier alpha value is -1.62. The Kier molecular flexibility index (Phi) is 9.63. The first-order chi connectivity index (χ1) is 12.0. The maximum Gasteiger partial charge on any atom is 0.350 e. The first-order valence-corrected chi connectivity index (χ1v) is 9.08. The standard InChI is InChI=1S/C17H24N4O3S.HI/c1-5-18-17(19-10-13-8-7-9-24-13)21-12(4)15-20-11(3)14(25-15)16(22)23-6-2;/h7-9,12H,5-6,10H2,1-4H3,(H2,18,19,21);1H. The molecule has 2 rings (SSSR count). The van der Waals surface area contributed by atoms with Gasteiger partial charge in [-0.2, -0.15) is 0 Å². The molecule has 7 nitrogen and oxygen atoms in total. The van der Waals surface area contributed by atoms with Crippen molar-refractivity contribution in [3.05, 3.63) is 39.7 Å². The number of nitrogens with zero attached hydrogens (tertiary/aromatic N) is 2. The molecule has 1 atom stereocenters. The molecule has 144 valence electrons. The van der Waals surface area contributed by atoms with Gasteiger partial charge < -0.3 is 19.8 Å². The van der Waals surface area contributed by atoms with Crippen molar-refractivity contribution in [1.29, 1.82) is 0 Å². The highest BCUT2D eigenvalue weighted by Gasteiger charge is 2.20. The molecule has 2 N–H and O–H groups in total. The Bertz CT molecular complexity index is 716. The first-order valence-electron chi connectivity index (χ1n) is 8.26. The topological polar surface area (TPSA) is 88.8 Å². The number of guanidine groups is 1. The fourth-order valence-corrected chi connectivity index (χ4v) is 3.10. The number of ether oxygens (including phenoxy) is 1. The van der Waals surface area contributed by atoms with Crippen LogP contribution >= 0.6 is 35.3 Å². The van der Waals surface area contributed by atoms with Gasteiger partial charge in [0.15, 0.2) is 5.96 Å². The number of esters is 1. The van der Waals surface area contributed by atoms with E-state index in [0.717, 1.165) is 17.3 Å². The van der Waals surface area contributed by atoms with Gasteiger partial charge in [0.25, 0.3) is 0 Å². The number of aryl methyl sites for hydroxylation is 1. The van der Waals surface area contributed by atoms with Gasteiger partial charge >= 0.3 is 5.97 Å². The average molecular weight is 492 g/mol. The van der Waals surface area contributed by atoms with Crippen molar-refractivity contribution in [1.82, 2.24) is 15.6 Å². The van der Waals surface area contributed by atoms with Gasteiger partial charge in [-0.15, -0.1) is 35.3 Å². The van der Waals surface area contributed by atoms with Crippen LogP contribution in [-0.2, 0) is 11.3 Å². The van der Waals surface area contributed by atoms with Gasteiger partial charge in [-0.25, -0.2) is 14.8 Å². The molecule has 0 saturated heterocycles. The molecule has 26 heavy (non-hydrogen) atoms. The molecule has 0 amide bonds. The molecule has 0 saturated carbocycles. The molecule has 0 spiro atoms. The molecule has 0 radical (unpaired) electrons. The number of furan rings is 1. The van der Waals surface area contributed by atoms with Crippen LogP contribution in [0.15, 0.2) is 27.8 Å². The highest BCUT2D eigenvalue weighted by atomic mass is 127. The van der Waals surface area contributed by atoms with E-state index in [-0.39, 0.29) is 36.0 Å². The lowest BCUT2D eigenvalue weighted by Gasteiger charge is -2.15. The van der Waals surface area contributed by atoms with Crippen molar-refractivity contribution in [2.75, 3.05) is 13.2 Å². The number of carbonyl (C=O) groups excluding carboxylic acids is 1. The maximum absolute atomic E-state index is 11.9. The Morgan fingerprint density at radius 2 is 2.23 bits per heavy atom. The summed E-state index contributed by atoms with van der Waals surface area (Å²) in [5, 5.41) is 7.30. The number of aromatic nitrogens is 1. The molecule has 1 unspecified atom stereocenters. The van der Waals surface area contributed by atoms with Gasteiger partial charge in [-0.1, -0.05) is 0 Å². The first kappa shape index (κ1) is 22.4. The van der Waals surface area contributed by atoms with E-state index < -0.39 is 0 Å². The van der Waals surface area contributed by atoms with Gasteiger partial charge in [-0.05, 0) is 39.8 Å². The predicted molar refractivity (Wildman–Crippen MR) is 113 cm³/mol. The number of rotatable bonds is 7. The normalized spacial score (nSPS) is 12.2. The van der Waals surface area contributed by atoms with E-state index >= 15 is 0 Å². The largest absolute Gasteiger partial charge is 0.467 e. The Balaban J connectivity index is 0.00000338. The molecule has 2 aromatic heterocycles. The number of nitrogens with one attached hydrogen (secondary N) is 2. The lowest BCUT2D eigenvalue weighted by atomic mass is 10.3. The molecule has 0 aliphatic carbocycles. The molecular formula is C17H25IN4O3S. The molecule has 2 aromatic rings. The molecule has 0 aliphatic heterocycles. The molecule has 9 heteroatoms. The second-order valence-electron chi connectivity index (χ2n) is 5.33. The second kappa shape index (κ2) is 11.2. The van der Waals surface area contributed by atoms with Gasteiger partial charge in [0.1, 0.15) is 22.2 Å². The molecule has 0 aliphatic rings. The lowest BCUT2D eigenvalue weighted by molar-refractivity contribution is 0.0531. The van der Waals surface area contributed by atoms with Crippen LogP contribution in [0.1, 0.15) is 52.9 Å². The van der Waals surface area contributed by atoms with Crippen LogP contribution in [0.5, 0.6) is 0 Å². The molecule has 2 heterocycles. The summed E-state index contributed by atoms with van der Waals surface area (Å²) in [5.41, 5.74) is 0.685. The van der Waals surface area contributed by atoms with Crippen molar-refractivity contribution in [2.45, 2.75) is 40.3 Å². The van der Waals surface area contributed by atoms with E-state index in [0.29, 0.717) is 29.7 Å². The Morgan fingerprint density at radius 1 is 1.46 bits per heavy atom. The van der Waals surface area contributed by atoms with Crippen LogP contribution in [-0.4, -0.2) is 30.1 Å². The van der Waals surface area contributed by atoms with E-state index in [1.165, 1.54) is 11.3 Å². The summed E-state index contributed by atoms with van der Waals surface area (Å²) >= 11 is 1.34. The second-order valence-corrected chi connectivity index (χ2v) is 6.36. The van der Waals surface area contributed by atoms with E-state index in [9.17, 15) is 4.79 Å². The third-order valence-electron chi connectivity index (χ3n) is 3.31. The summed E-state index contributed by atoms with van der Waals surface area (Å²) in [6.45, 7) is 9.12. The number of thiazole rings is 1. The number of hydrogen-bond acceptors (Lipinski definition) is 6. The lowest BCUT2D eigenvalue weighted by Crippen LogP contribution is -2.38. The zero-order valence-corrected chi connectivity index (χ0v) is 18.5. The summed E-state index contributed by atoms with van der Waals surface area (Å²) < 4.78 is 10.4. The monoisotopic (exact) mass is 492 g/mol. The number of carbonyl (C=O) groups is 1. The molecule has 0 aromatic carbocycles. The quantitative estimate of drug-likeness (QED) is 0.266. The summed E-state index contributed by atoms with van der Waals surface area (Å²) in [4.78, 5) is 21.5. The minimum absolute atomic E-state index is 0. The van der Waals surface area contributed by atoms with Crippen LogP contribution in [0.2, 0.25) is 0 Å². The van der Waals surface area contributed by atoms with E-state index in [4.69, 9.17) is 9.15 Å². The Morgan fingerprint density at radius 3 is 2.85 bits per heavy atom. The van der Waals surface area contributed by atoms with E-state index in [1.807, 2.05) is 32.9 Å². The minimum Gasteiger partial charge on any atom is -0.467 e. The highest BCUT2D eigenvalue weighted by molar-refractivity contribution is 14.0. The van der Waals surface area contributed by atoms with Crippen molar-refractivity contribution in [3.8, 4) is 0 Å². The smallest absolute Gasteiger partial charge is 0.350 e. The molecular weight excluding hydrogens is 467 g/mol. The van der Waals surface area contributed by atoms with Crippen LogP contribution in [0, 0.1) is 6.92 Å². The average Bonchev–Trinajstić information content (AvgIpc) is 3.22. The van der Waals surface area contributed by atoms with E-state index in [1.54, 1.807) is 13.2 Å². The molecule has 0 fully saturated rings. The van der Waals surface area contributed by atoms with Crippen LogP contribution < -0.4 is 10.6 Å². The highest BCUT2D eigenvalue weighted by Crippen LogP contribution is 2.24. The van der Waals surface area contributed by atoms with Crippen molar-refractivity contribution >= 4 is 47.2 Å². The summed E-state index contributed by atoms with van der Waals surface area (Å²) in [5.74, 6) is 1.13. The SMILES string of the molecule is CCNC(=NCc1ccco1)NC(C)c1nc(C)c(C(=O)OCC)s1.I. The van der Waals surface area contributed by atoms with Gasteiger partial charge in [0.2, 0.25) is 0 Å². The molecule has 0 bridgehead atoms. The number of hydrogen-bond donors (Lipinski definition) is 2. The summed E-state index contributed by atoms with van der Waals surface area (Å²) in [6, 6.07) is 3.62. The zero-order valence-electron chi connectivity index (χ0n) is 15.4. The van der Waals surface area contributed by atoms with Crippen molar-refractivity contribution in [2.24, 2.45) is 4.99 Å². The predicted octanol–water partition coefficient (Wildman–Crippen LogP) is 3.66. The third-order valence-corrected chi connectivity index (χ3v) is 4.64. The number of aliphatic imine (C=N–C) groups is 1. The zero-order chi connectivity index (χ0) is 18.2. The fraction of sp³-hybridized carbons (Fsp3) is 0.471. The summed E-state index contributed by atoms with van der Waals surface area (Å²) in [6.07, 6.45) is 1.63.